The fourth-order valence-electron chi connectivity index (χ4n) is 4.30. The van der Waals surface area contributed by atoms with E-state index in [4.69, 9.17) is 18.6 Å². The highest BCUT2D eigenvalue weighted by molar-refractivity contribution is 6.46. The number of ether oxygens (including phenoxy) is 3. The molecule has 34 heavy (non-hydrogen) atoms. The van der Waals surface area contributed by atoms with Gasteiger partial charge in [0.1, 0.15) is 42.3 Å². The smallest absolute Gasteiger partial charge is 0.296 e. The molecular formula is C26H23NO7. The first-order chi connectivity index (χ1) is 16.5. The molecule has 2 aliphatic rings. The highest BCUT2D eigenvalue weighted by Gasteiger charge is 2.47. The molecule has 1 atom stereocenters. The van der Waals surface area contributed by atoms with Gasteiger partial charge in [-0.2, -0.15) is 0 Å². The van der Waals surface area contributed by atoms with Gasteiger partial charge < -0.3 is 28.6 Å². The molecule has 1 N–H and O–H groups in total. The Morgan fingerprint density at radius 1 is 1.06 bits per heavy atom. The van der Waals surface area contributed by atoms with Crippen molar-refractivity contribution >= 4 is 17.4 Å². The van der Waals surface area contributed by atoms with Crippen molar-refractivity contribution in [3.8, 4) is 17.2 Å². The second kappa shape index (κ2) is 8.62. The minimum atomic E-state index is -0.910. The van der Waals surface area contributed by atoms with Crippen LogP contribution in [0.4, 0.5) is 0 Å². The molecule has 0 aliphatic carbocycles. The van der Waals surface area contributed by atoms with Crippen LogP contribution in [0.15, 0.2) is 64.6 Å². The van der Waals surface area contributed by atoms with Gasteiger partial charge in [-0.15, -0.1) is 0 Å². The van der Waals surface area contributed by atoms with E-state index < -0.39 is 17.7 Å². The second-order valence-electron chi connectivity index (χ2n) is 8.05. The molecule has 8 heteroatoms. The molecule has 1 aromatic heterocycles. The summed E-state index contributed by atoms with van der Waals surface area (Å²) in [5.74, 6) is 0.775. The third kappa shape index (κ3) is 3.67. The zero-order valence-electron chi connectivity index (χ0n) is 18.7. The van der Waals surface area contributed by atoms with Gasteiger partial charge in [0.25, 0.3) is 11.7 Å². The summed E-state index contributed by atoms with van der Waals surface area (Å²) in [5, 5.41) is 11.3. The van der Waals surface area contributed by atoms with E-state index in [-0.39, 0.29) is 17.9 Å². The largest absolute Gasteiger partial charge is 0.507 e. The van der Waals surface area contributed by atoms with Crippen LogP contribution in [-0.2, 0) is 16.1 Å². The van der Waals surface area contributed by atoms with Crippen LogP contribution in [0.1, 0.15) is 28.7 Å². The van der Waals surface area contributed by atoms with Crippen LogP contribution in [0.5, 0.6) is 17.2 Å². The van der Waals surface area contributed by atoms with E-state index >= 15 is 0 Å². The Morgan fingerprint density at radius 2 is 1.82 bits per heavy atom. The standard InChI is InChI=1S/C26H23NO7/c1-15-7-9-20(34-15)23-22(24(28)16-8-10-19-21(13-16)33-12-11-32-19)25(29)26(30)27(23)14-17-5-3-4-6-18(17)31-2/h3-10,13,23,28H,11-12,14H2,1-2H3/b24-22+. The molecule has 1 saturated heterocycles. The van der Waals surface area contributed by atoms with E-state index in [2.05, 4.69) is 0 Å². The SMILES string of the molecule is COc1ccccc1CN1C(=O)C(=O)/C(=C(/O)c2ccc3c(c2)OCCO3)C1c1ccc(C)o1. The molecule has 3 heterocycles. The van der Waals surface area contributed by atoms with Crippen LogP contribution in [0.25, 0.3) is 5.76 Å². The molecule has 2 aromatic carbocycles. The Labute approximate surface area is 196 Å². The molecule has 8 nitrogen and oxygen atoms in total. The van der Waals surface area contributed by atoms with Crippen molar-refractivity contribution in [2.24, 2.45) is 0 Å². The maximum absolute atomic E-state index is 13.2. The van der Waals surface area contributed by atoms with Gasteiger partial charge in [0.2, 0.25) is 0 Å². The summed E-state index contributed by atoms with van der Waals surface area (Å²) in [6.45, 7) is 2.68. The third-order valence-corrected chi connectivity index (χ3v) is 5.92. The summed E-state index contributed by atoms with van der Waals surface area (Å²) in [7, 11) is 1.54. The van der Waals surface area contributed by atoms with Gasteiger partial charge in [0, 0.05) is 11.1 Å². The fraction of sp³-hybridized carbons (Fsp3) is 0.231. The number of carbonyl (C=O) groups excluding carboxylic acids is 2. The molecule has 1 fully saturated rings. The van der Waals surface area contributed by atoms with Crippen LogP contribution in [0, 0.1) is 6.92 Å². The Balaban J connectivity index is 1.62. The van der Waals surface area contributed by atoms with Crippen LogP contribution in [-0.4, -0.2) is 42.0 Å². The maximum atomic E-state index is 13.2. The van der Waals surface area contributed by atoms with Crippen LogP contribution >= 0.6 is 0 Å². The summed E-state index contributed by atoms with van der Waals surface area (Å²) in [5.41, 5.74) is 1.01. The highest BCUT2D eigenvalue weighted by Crippen LogP contribution is 2.42. The first-order valence-corrected chi connectivity index (χ1v) is 10.8. The minimum Gasteiger partial charge on any atom is -0.507 e. The van der Waals surface area contributed by atoms with Gasteiger partial charge >= 0.3 is 0 Å². The van der Waals surface area contributed by atoms with E-state index in [1.807, 2.05) is 18.2 Å². The molecule has 0 bridgehead atoms. The van der Waals surface area contributed by atoms with Gasteiger partial charge in [0.05, 0.1) is 19.2 Å². The Kier molecular flexibility index (Phi) is 5.49. The van der Waals surface area contributed by atoms with Gasteiger partial charge in [0.15, 0.2) is 11.5 Å². The topological polar surface area (TPSA) is 98.4 Å². The fourth-order valence-corrected chi connectivity index (χ4v) is 4.30. The Bertz CT molecular complexity index is 1310. The number of furan rings is 1. The average molecular weight is 461 g/mol. The summed E-state index contributed by atoms with van der Waals surface area (Å²) in [6, 6.07) is 14.7. The van der Waals surface area contributed by atoms with E-state index in [0.717, 1.165) is 5.56 Å². The van der Waals surface area contributed by atoms with Crippen LogP contribution in [0.3, 0.4) is 0 Å². The molecular weight excluding hydrogens is 438 g/mol. The van der Waals surface area contributed by atoms with Crippen molar-refractivity contribution in [3.05, 3.63) is 82.8 Å². The van der Waals surface area contributed by atoms with Crippen molar-refractivity contribution in [1.82, 2.24) is 4.90 Å². The number of aliphatic hydroxyl groups excluding tert-OH is 1. The average Bonchev–Trinajstić information content (AvgIpc) is 3.39. The van der Waals surface area contributed by atoms with E-state index in [0.29, 0.717) is 47.5 Å². The number of para-hydroxylation sites is 1. The number of nitrogens with zero attached hydrogens (tertiary/aromatic N) is 1. The van der Waals surface area contributed by atoms with E-state index in [9.17, 15) is 14.7 Å². The zero-order chi connectivity index (χ0) is 23.8. The van der Waals surface area contributed by atoms with Crippen molar-refractivity contribution in [2.75, 3.05) is 20.3 Å². The number of fused-ring (bicyclic) bond motifs is 1. The molecule has 3 aromatic rings. The maximum Gasteiger partial charge on any atom is 0.296 e. The number of likely N-dealkylation sites (tertiary alicyclic amines) is 1. The number of ketones is 1. The first kappa shape index (κ1) is 21.6. The molecule has 2 aliphatic heterocycles. The van der Waals surface area contributed by atoms with E-state index in [1.54, 1.807) is 50.4 Å². The van der Waals surface area contributed by atoms with Gasteiger partial charge in [-0.25, -0.2) is 0 Å². The first-order valence-electron chi connectivity index (χ1n) is 10.8. The van der Waals surface area contributed by atoms with Crippen molar-refractivity contribution in [3.63, 3.8) is 0 Å². The summed E-state index contributed by atoms with van der Waals surface area (Å²) in [4.78, 5) is 27.8. The van der Waals surface area contributed by atoms with Crippen LogP contribution < -0.4 is 14.2 Å². The number of aliphatic hydroxyl groups is 1. The number of carbonyl (C=O) groups is 2. The predicted octanol–water partition coefficient (Wildman–Crippen LogP) is 3.99. The number of hydrogen-bond acceptors (Lipinski definition) is 7. The molecule has 174 valence electrons. The summed E-state index contributed by atoms with van der Waals surface area (Å²) >= 11 is 0. The molecule has 1 amide bonds. The highest BCUT2D eigenvalue weighted by atomic mass is 16.6. The number of methoxy groups -OCH3 is 1. The number of amides is 1. The van der Waals surface area contributed by atoms with Gasteiger partial charge in [-0.05, 0) is 43.3 Å². The number of Topliss-reactive ketones (excluding diaryl/α,β-unsaturated/α-hetero) is 1. The molecule has 1 unspecified atom stereocenters. The molecule has 0 spiro atoms. The zero-order valence-corrected chi connectivity index (χ0v) is 18.7. The molecule has 0 saturated carbocycles. The van der Waals surface area contributed by atoms with Crippen molar-refractivity contribution in [2.45, 2.75) is 19.5 Å². The lowest BCUT2D eigenvalue weighted by Crippen LogP contribution is -2.29. The summed E-state index contributed by atoms with van der Waals surface area (Å²) < 4.78 is 22.4. The monoisotopic (exact) mass is 461 g/mol. The lowest BCUT2D eigenvalue weighted by Gasteiger charge is -2.24. The van der Waals surface area contributed by atoms with E-state index in [1.165, 1.54) is 4.90 Å². The number of aryl methyl sites for hydroxylation is 1. The number of rotatable bonds is 5. The summed E-state index contributed by atoms with van der Waals surface area (Å²) in [6.07, 6.45) is 0. The lowest BCUT2D eigenvalue weighted by atomic mass is 9.99. The normalized spacial score (nSPS) is 18.9. The van der Waals surface area contributed by atoms with Crippen molar-refractivity contribution < 1.29 is 33.3 Å². The lowest BCUT2D eigenvalue weighted by molar-refractivity contribution is -0.140. The molecule has 5 rings (SSSR count). The Morgan fingerprint density at radius 3 is 2.56 bits per heavy atom. The van der Waals surface area contributed by atoms with Crippen molar-refractivity contribution in [1.29, 1.82) is 0 Å². The third-order valence-electron chi connectivity index (χ3n) is 5.92. The second-order valence-corrected chi connectivity index (χ2v) is 8.05. The minimum absolute atomic E-state index is 0.0501. The Hall–Kier alpha value is -4.20. The van der Waals surface area contributed by atoms with Crippen LogP contribution in [0.2, 0.25) is 0 Å². The quantitative estimate of drug-likeness (QED) is 0.349. The molecule has 0 radical (unpaired) electrons. The van der Waals surface area contributed by atoms with Gasteiger partial charge in [-0.1, -0.05) is 18.2 Å². The predicted molar refractivity (Wildman–Crippen MR) is 122 cm³/mol. The van der Waals surface area contributed by atoms with Gasteiger partial charge in [-0.3, -0.25) is 9.59 Å². The number of benzene rings is 2. The number of hydrogen-bond donors (Lipinski definition) is 1.